The van der Waals surface area contributed by atoms with Gasteiger partial charge in [0.15, 0.2) is 0 Å². The van der Waals surface area contributed by atoms with Crippen LogP contribution in [-0.2, 0) is 4.74 Å². The molecule has 1 aliphatic rings. The highest BCUT2D eigenvalue weighted by molar-refractivity contribution is 5.68. The largest absolute Gasteiger partial charge is 0.444 e. The molecule has 3 atom stereocenters. The highest BCUT2D eigenvalue weighted by Gasteiger charge is 2.42. The zero-order chi connectivity index (χ0) is 12.6. The lowest BCUT2D eigenvalue weighted by Crippen LogP contribution is -2.46. The molecule has 0 heterocycles. The van der Waals surface area contributed by atoms with Gasteiger partial charge in [0.2, 0.25) is 0 Å². The number of halogens is 1. The van der Waals surface area contributed by atoms with E-state index in [1.54, 1.807) is 0 Å². The fraction of sp³-hybridized carbons (Fsp3) is 0.917. The molecule has 94 valence electrons. The Bertz CT molecular complexity index is 263. The maximum atomic E-state index is 13.4. The quantitative estimate of drug-likeness (QED) is 0.753. The maximum absolute atomic E-state index is 13.4. The predicted octanol–water partition coefficient (Wildman–Crippen LogP) is 3.04. The van der Waals surface area contributed by atoms with Crippen LogP contribution in [0, 0.1) is 5.92 Å². The Hall–Kier alpha value is -0.800. The van der Waals surface area contributed by atoms with Crippen LogP contribution >= 0.6 is 0 Å². The second-order valence-corrected chi connectivity index (χ2v) is 6.09. The minimum Gasteiger partial charge on any atom is -0.444 e. The number of carbonyl (C=O) groups excluding carboxylic acids is 1. The minimum absolute atomic E-state index is 0.0000586. The monoisotopic (exact) mass is 231 g/mol. The van der Waals surface area contributed by atoms with Crippen LogP contribution in [-0.4, -0.2) is 23.4 Å². The highest BCUT2D eigenvalue weighted by Crippen LogP contribution is 2.36. The summed E-state index contributed by atoms with van der Waals surface area (Å²) in [6, 6.07) is 0. The average Bonchev–Trinajstić information content (AvgIpc) is 2.19. The summed E-state index contributed by atoms with van der Waals surface area (Å²) < 4.78 is 18.6. The van der Waals surface area contributed by atoms with Crippen molar-refractivity contribution in [3.05, 3.63) is 0 Å². The number of ether oxygens (including phenoxy) is 1. The molecule has 1 amide bonds. The lowest BCUT2D eigenvalue weighted by Gasteiger charge is -2.28. The number of nitrogens with one attached hydrogen (secondary N) is 1. The first-order valence-electron chi connectivity index (χ1n) is 5.76. The molecule has 0 saturated heterocycles. The summed E-state index contributed by atoms with van der Waals surface area (Å²) in [4.78, 5) is 11.6. The second kappa shape index (κ2) is 4.22. The van der Waals surface area contributed by atoms with Crippen LogP contribution in [0.1, 0.15) is 47.5 Å². The van der Waals surface area contributed by atoms with E-state index in [4.69, 9.17) is 4.74 Å². The number of amides is 1. The molecular weight excluding hydrogens is 209 g/mol. The van der Waals surface area contributed by atoms with Gasteiger partial charge >= 0.3 is 6.09 Å². The van der Waals surface area contributed by atoms with Crippen LogP contribution in [0.25, 0.3) is 0 Å². The van der Waals surface area contributed by atoms with Gasteiger partial charge in [0, 0.05) is 12.0 Å². The first-order valence-corrected chi connectivity index (χ1v) is 5.76. The van der Waals surface area contributed by atoms with E-state index in [9.17, 15) is 9.18 Å². The molecule has 0 aromatic carbocycles. The number of alkyl halides is 1. The third-order valence-electron chi connectivity index (χ3n) is 2.84. The van der Waals surface area contributed by atoms with Crippen LogP contribution in [0.3, 0.4) is 0 Å². The molecular formula is C12H22FNO2. The van der Waals surface area contributed by atoms with Gasteiger partial charge in [-0.3, -0.25) is 0 Å². The zero-order valence-electron chi connectivity index (χ0n) is 10.8. The Morgan fingerprint density at radius 3 is 2.38 bits per heavy atom. The van der Waals surface area contributed by atoms with Gasteiger partial charge in [-0.2, -0.15) is 0 Å². The Balaban J connectivity index is 2.52. The Morgan fingerprint density at radius 1 is 1.44 bits per heavy atom. The molecule has 3 nitrogen and oxygen atoms in total. The first kappa shape index (κ1) is 13.3. The van der Waals surface area contributed by atoms with Crippen molar-refractivity contribution in [2.45, 2.75) is 64.8 Å². The predicted molar refractivity (Wildman–Crippen MR) is 61.1 cm³/mol. The lowest BCUT2D eigenvalue weighted by atomic mass is 9.99. The van der Waals surface area contributed by atoms with E-state index in [2.05, 4.69) is 5.32 Å². The van der Waals surface area contributed by atoms with E-state index >= 15 is 0 Å². The summed E-state index contributed by atoms with van der Waals surface area (Å²) in [7, 11) is 0. The van der Waals surface area contributed by atoms with Gasteiger partial charge in [-0.1, -0.05) is 6.92 Å². The van der Waals surface area contributed by atoms with Crippen molar-refractivity contribution in [1.82, 2.24) is 5.32 Å². The van der Waals surface area contributed by atoms with Gasteiger partial charge < -0.3 is 10.1 Å². The zero-order valence-corrected chi connectivity index (χ0v) is 10.8. The van der Waals surface area contributed by atoms with Crippen LogP contribution < -0.4 is 5.32 Å². The molecule has 0 aliphatic heterocycles. The molecule has 1 rings (SSSR count). The van der Waals surface area contributed by atoms with E-state index in [0.29, 0.717) is 12.8 Å². The number of hydrogen-bond donors (Lipinski definition) is 1. The van der Waals surface area contributed by atoms with E-state index in [1.807, 2.05) is 34.6 Å². The maximum Gasteiger partial charge on any atom is 0.408 e. The summed E-state index contributed by atoms with van der Waals surface area (Å²) in [5.74, 6) is -0.0000586. The molecule has 4 heteroatoms. The van der Waals surface area contributed by atoms with Crippen LogP contribution in [0.2, 0.25) is 0 Å². The van der Waals surface area contributed by atoms with Crippen LogP contribution in [0.5, 0.6) is 0 Å². The van der Waals surface area contributed by atoms with Crippen molar-refractivity contribution >= 4 is 6.09 Å². The summed E-state index contributed by atoms with van der Waals surface area (Å²) in [6.45, 7) is 9.16. The standard InChI is InChI=1S/C12H22FNO2/c1-8-6-12(5,7-9(8)13)14-10(15)16-11(2,3)4/h8-9H,6-7H2,1-5H3,(H,14,15). The van der Waals surface area contributed by atoms with Crippen molar-refractivity contribution in [3.63, 3.8) is 0 Å². The molecule has 3 unspecified atom stereocenters. The third-order valence-corrected chi connectivity index (χ3v) is 2.84. The Kier molecular flexibility index (Phi) is 3.50. The third kappa shape index (κ3) is 3.65. The molecule has 1 fully saturated rings. The first-order chi connectivity index (χ1) is 7.11. The molecule has 1 saturated carbocycles. The topological polar surface area (TPSA) is 38.3 Å². The summed E-state index contributed by atoms with van der Waals surface area (Å²) in [5, 5.41) is 2.77. The number of carbonyl (C=O) groups is 1. The number of hydrogen-bond acceptors (Lipinski definition) is 2. The van der Waals surface area contributed by atoms with Crippen LogP contribution in [0.4, 0.5) is 9.18 Å². The van der Waals surface area contributed by atoms with Crippen molar-refractivity contribution in [2.24, 2.45) is 5.92 Å². The Labute approximate surface area is 96.7 Å². The summed E-state index contributed by atoms with van der Waals surface area (Å²) >= 11 is 0. The van der Waals surface area contributed by atoms with Gasteiger partial charge in [-0.25, -0.2) is 9.18 Å². The molecule has 0 bridgehead atoms. The molecule has 0 aromatic heterocycles. The van der Waals surface area contributed by atoms with E-state index in [0.717, 1.165) is 0 Å². The Morgan fingerprint density at radius 2 is 2.00 bits per heavy atom. The van der Waals surface area contributed by atoms with E-state index in [-0.39, 0.29) is 5.92 Å². The minimum atomic E-state index is -0.833. The van der Waals surface area contributed by atoms with Gasteiger partial charge in [0.25, 0.3) is 0 Å². The van der Waals surface area contributed by atoms with Crippen molar-refractivity contribution < 1.29 is 13.9 Å². The van der Waals surface area contributed by atoms with Gasteiger partial charge in [-0.05, 0) is 40.0 Å². The molecule has 1 aliphatic carbocycles. The van der Waals surface area contributed by atoms with E-state index in [1.165, 1.54) is 0 Å². The van der Waals surface area contributed by atoms with Gasteiger partial charge in [0.1, 0.15) is 11.8 Å². The van der Waals surface area contributed by atoms with Crippen LogP contribution in [0.15, 0.2) is 0 Å². The number of rotatable bonds is 1. The van der Waals surface area contributed by atoms with Crippen molar-refractivity contribution in [3.8, 4) is 0 Å². The SMILES string of the molecule is CC1CC(C)(NC(=O)OC(C)(C)C)CC1F. The smallest absolute Gasteiger partial charge is 0.408 e. The molecule has 0 radical (unpaired) electrons. The fourth-order valence-corrected chi connectivity index (χ4v) is 2.21. The molecule has 0 spiro atoms. The fourth-order valence-electron chi connectivity index (χ4n) is 2.21. The number of alkyl carbamates (subject to hydrolysis) is 1. The molecule has 0 aromatic rings. The summed E-state index contributed by atoms with van der Waals surface area (Å²) in [6.07, 6.45) is -0.267. The van der Waals surface area contributed by atoms with Crippen molar-refractivity contribution in [2.75, 3.05) is 0 Å². The molecule has 16 heavy (non-hydrogen) atoms. The van der Waals surface area contributed by atoms with Gasteiger partial charge in [0.05, 0.1) is 0 Å². The van der Waals surface area contributed by atoms with Crippen molar-refractivity contribution in [1.29, 1.82) is 0 Å². The lowest BCUT2D eigenvalue weighted by molar-refractivity contribution is 0.0463. The van der Waals surface area contributed by atoms with E-state index < -0.39 is 23.4 Å². The normalized spacial score (nSPS) is 34.9. The summed E-state index contributed by atoms with van der Waals surface area (Å²) in [5.41, 5.74) is -0.985. The highest BCUT2D eigenvalue weighted by atomic mass is 19.1. The molecule has 1 N–H and O–H groups in total. The van der Waals surface area contributed by atoms with Gasteiger partial charge in [-0.15, -0.1) is 0 Å². The second-order valence-electron chi connectivity index (χ2n) is 6.09. The average molecular weight is 231 g/mol.